The summed E-state index contributed by atoms with van der Waals surface area (Å²) < 4.78 is 18.1. The van der Waals surface area contributed by atoms with Crippen molar-refractivity contribution in [1.82, 2.24) is 4.98 Å². The molecule has 0 spiro atoms. The number of anilines is 2. The second-order valence-electron chi connectivity index (χ2n) is 6.33. The minimum Gasteiger partial charge on any atom is -0.477 e. The van der Waals surface area contributed by atoms with Gasteiger partial charge in [-0.2, -0.15) is 0 Å². The Kier molecular flexibility index (Phi) is 9.90. The van der Waals surface area contributed by atoms with Gasteiger partial charge in [0.05, 0.1) is 5.69 Å². The number of urea groups is 1. The van der Waals surface area contributed by atoms with E-state index >= 15 is 0 Å². The van der Waals surface area contributed by atoms with Crippen molar-refractivity contribution in [3.63, 3.8) is 0 Å². The predicted octanol–water partition coefficient (Wildman–Crippen LogP) is 5.94. The molecule has 0 bridgehead atoms. The number of amides is 3. The van der Waals surface area contributed by atoms with Gasteiger partial charge in [0.15, 0.2) is 5.69 Å². The number of halogens is 5. The second-order valence-corrected chi connectivity index (χ2v) is 9.02. The number of primary amides is 1. The molecule has 0 fully saturated rings. The molecule has 5 N–H and O–H groups in total. The van der Waals surface area contributed by atoms with Crippen LogP contribution >= 0.6 is 46.4 Å². The van der Waals surface area contributed by atoms with E-state index < -0.39 is 21.6 Å². The van der Waals surface area contributed by atoms with E-state index in [-0.39, 0.29) is 45.6 Å². The van der Waals surface area contributed by atoms with Crippen LogP contribution in [0.25, 0.3) is 0 Å². The molecule has 0 aliphatic carbocycles. The van der Waals surface area contributed by atoms with E-state index in [1.807, 2.05) is 0 Å². The summed E-state index contributed by atoms with van der Waals surface area (Å²) >= 11 is 23.5. The Hall–Kier alpha value is -3.31. The average molecular weight is 564 g/mol. The number of ether oxygens (including phenoxy) is 1. The van der Waals surface area contributed by atoms with Crippen LogP contribution in [0, 0.1) is 5.82 Å². The first-order chi connectivity index (χ1) is 16.4. The van der Waals surface area contributed by atoms with E-state index in [2.05, 4.69) is 21.4 Å². The van der Waals surface area contributed by atoms with Gasteiger partial charge in [0.2, 0.25) is 10.2 Å². The maximum absolute atomic E-state index is 14.4. The molecule has 184 valence electrons. The molecule has 1 heterocycles. The SMILES string of the molecule is NC=O.O=C(Nc1ccc(Cl)c(C(Cl)(Cl)Cl)c1)Nc1ccc(Oc2ccnc(C(=O)O)c2)cc1F. The first-order valence-electron chi connectivity index (χ1n) is 9.21. The van der Waals surface area contributed by atoms with Gasteiger partial charge in [0.25, 0.3) is 0 Å². The number of hydrogen-bond donors (Lipinski definition) is 4. The number of carboxylic acid groups (broad SMARTS) is 1. The molecule has 14 heteroatoms. The molecule has 3 aromatic rings. The first kappa shape index (κ1) is 27.9. The minimum absolute atomic E-state index is 0.0843. The number of pyridine rings is 1. The van der Waals surface area contributed by atoms with Crippen LogP contribution in [0.5, 0.6) is 11.5 Å². The van der Waals surface area contributed by atoms with Crippen LogP contribution in [0.2, 0.25) is 5.02 Å². The molecule has 3 amide bonds. The van der Waals surface area contributed by atoms with Crippen LogP contribution in [0.3, 0.4) is 0 Å². The van der Waals surface area contributed by atoms with Crippen LogP contribution in [0.1, 0.15) is 16.1 Å². The van der Waals surface area contributed by atoms with Crippen LogP contribution in [0.4, 0.5) is 20.6 Å². The molecular formula is C21H15Cl4FN4O5. The molecule has 9 nitrogen and oxygen atoms in total. The predicted molar refractivity (Wildman–Crippen MR) is 131 cm³/mol. The molecule has 1 aromatic heterocycles. The normalized spacial score (nSPS) is 10.4. The van der Waals surface area contributed by atoms with E-state index in [0.29, 0.717) is 0 Å². The van der Waals surface area contributed by atoms with Gasteiger partial charge in [0, 0.05) is 34.6 Å². The number of carboxylic acids is 1. The number of hydrogen-bond acceptors (Lipinski definition) is 5. The Labute approximate surface area is 217 Å². The van der Waals surface area contributed by atoms with Gasteiger partial charge in [-0.05, 0) is 36.4 Å². The molecule has 3 rings (SSSR count). The number of aromatic carboxylic acids is 1. The third kappa shape index (κ3) is 8.45. The molecule has 0 atom stereocenters. The van der Waals surface area contributed by atoms with Gasteiger partial charge in [-0.1, -0.05) is 46.4 Å². The summed E-state index contributed by atoms with van der Waals surface area (Å²) in [6.07, 6.45) is 1.50. The quantitative estimate of drug-likeness (QED) is 0.223. The second kappa shape index (κ2) is 12.4. The smallest absolute Gasteiger partial charge is 0.354 e. The zero-order chi connectivity index (χ0) is 26.2. The lowest BCUT2D eigenvalue weighted by Gasteiger charge is -2.15. The highest BCUT2D eigenvalue weighted by molar-refractivity contribution is 6.67. The molecule has 0 radical (unpaired) electrons. The highest BCUT2D eigenvalue weighted by Gasteiger charge is 2.26. The summed E-state index contributed by atoms with van der Waals surface area (Å²) in [5.74, 6) is -1.78. The van der Waals surface area contributed by atoms with Crippen LogP contribution in [-0.2, 0) is 8.59 Å². The molecule has 2 aromatic carbocycles. The number of carbonyl (C=O) groups excluding carboxylic acids is 2. The monoisotopic (exact) mass is 562 g/mol. The minimum atomic E-state index is -1.80. The van der Waals surface area contributed by atoms with Crippen molar-refractivity contribution in [3.8, 4) is 11.5 Å². The van der Waals surface area contributed by atoms with E-state index in [1.165, 1.54) is 48.7 Å². The molecule has 0 unspecified atom stereocenters. The highest BCUT2D eigenvalue weighted by atomic mass is 35.6. The Morgan fingerprint density at radius 1 is 1.06 bits per heavy atom. The van der Waals surface area contributed by atoms with Crippen molar-refractivity contribution in [3.05, 3.63) is 76.8 Å². The molecule has 0 saturated carbocycles. The first-order valence-corrected chi connectivity index (χ1v) is 10.7. The van der Waals surface area contributed by atoms with Crippen molar-refractivity contribution in [2.75, 3.05) is 10.6 Å². The van der Waals surface area contributed by atoms with Gasteiger partial charge in [-0.15, -0.1) is 0 Å². The molecule has 0 aliphatic heterocycles. The topological polar surface area (TPSA) is 144 Å². The van der Waals surface area contributed by atoms with Crippen molar-refractivity contribution in [1.29, 1.82) is 0 Å². The lowest BCUT2D eigenvalue weighted by molar-refractivity contribution is -0.106. The maximum Gasteiger partial charge on any atom is 0.354 e. The van der Waals surface area contributed by atoms with Gasteiger partial charge < -0.3 is 26.2 Å². The molecule has 0 aliphatic rings. The largest absolute Gasteiger partial charge is 0.477 e. The third-order valence-corrected chi connectivity index (χ3v) is 4.84. The Bertz CT molecular complexity index is 1240. The number of benzene rings is 2. The van der Waals surface area contributed by atoms with Crippen LogP contribution in [0.15, 0.2) is 54.7 Å². The number of carbonyl (C=O) groups is 3. The van der Waals surface area contributed by atoms with Gasteiger partial charge in [-0.25, -0.2) is 19.0 Å². The van der Waals surface area contributed by atoms with Crippen molar-refractivity contribution in [2.24, 2.45) is 5.73 Å². The van der Waals surface area contributed by atoms with Crippen molar-refractivity contribution < 1.29 is 28.6 Å². The Morgan fingerprint density at radius 2 is 1.71 bits per heavy atom. The highest BCUT2D eigenvalue weighted by Crippen LogP contribution is 2.42. The summed E-state index contributed by atoms with van der Waals surface area (Å²) in [6.45, 7) is 0. The molecular weight excluding hydrogens is 549 g/mol. The number of rotatable bonds is 5. The molecule has 0 saturated heterocycles. The zero-order valence-electron chi connectivity index (χ0n) is 17.3. The van der Waals surface area contributed by atoms with E-state index in [4.69, 9.17) is 61.0 Å². The van der Waals surface area contributed by atoms with Crippen LogP contribution in [-0.4, -0.2) is 28.5 Å². The summed E-state index contributed by atoms with van der Waals surface area (Å²) in [7, 11) is 0. The Balaban J connectivity index is 0.00000137. The number of aromatic nitrogens is 1. The maximum atomic E-state index is 14.4. The van der Waals surface area contributed by atoms with Crippen LogP contribution < -0.4 is 21.1 Å². The Morgan fingerprint density at radius 3 is 2.31 bits per heavy atom. The fourth-order valence-corrected chi connectivity index (χ4v) is 3.37. The number of nitrogens with one attached hydrogen (secondary N) is 2. The fourth-order valence-electron chi connectivity index (χ4n) is 2.49. The number of nitrogens with zero attached hydrogens (tertiary/aromatic N) is 1. The van der Waals surface area contributed by atoms with Gasteiger partial charge in [-0.3, -0.25) is 4.79 Å². The summed E-state index contributed by atoms with van der Waals surface area (Å²) in [5, 5.41) is 14.0. The van der Waals surface area contributed by atoms with Crippen molar-refractivity contribution in [2.45, 2.75) is 3.79 Å². The summed E-state index contributed by atoms with van der Waals surface area (Å²) in [4.78, 5) is 35.5. The number of alkyl halides is 3. The fraction of sp³-hybridized carbons (Fsp3) is 0.0476. The van der Waals surface area contributed by atoms with E-state index in [1.54, 1.807) is 0 Å². The third-order valence-electron chi connectivity index (χ3n) is 3.90. The standard InChI is InChI=1S/C20H12Cl4FN3O4.CH3NO/c21-14-3-1-10(7-13(14)20(22,23)24)27-19(31)28-16-4-2-11(8-15(16)25)32-12-5-6-26-17(9-12)18(29)30;2-1-3/h1-9H,(H,29,30)(H2,27,28,31);1H,(H2,2,3). The van der Waals surface area contributed by atoms with E-state index in [9.17, 15) is 14.0 Å². The van der Waals surface area contributed by atoms with Gasteiger partial charge in [0.1, 0.15) is 17.3 Å². The lowest BCUT2D eigenvalue weighted by Crippen LogP contribution is -2.20. The number of nitrogens with two attached hydrogens (primary N) is 1. The average Bonchev–Trinajstić information content (AvgIpc) is 2.77. The van der Waals surface area contributed by atoms with Gasteiger partial charge >= 0.3 is 12.0 Å². The summed E-state index contributed by atoms with van der Waals surface area (Å²) in [5.41, 5.74) is 4.24. The van der Waals surface area contributed by atoms with Crippen molar-refractivity contribution >= 4 is 76.2 Å². The summed E-state index contributed by atoms with van der Waals surface area (Å²) in [6, 6.07) is 9.85. The molecule has 35 heavy (non-hydrogen) atoms. The lowest BCUT2D eigenvalue weighted by atomic mass is 10.2. The van der Waals surface area contributed by atoms with E-state index in [0.717, 1.165) is 6.07 Å². The zero-order valence-corrected chi connectivity index (χ0v) is 20.3.